The standard InChI is InChI=1S/C10H16ClN2O13P3S/c1-4-2-13(10(15)12-8(4)30)9-6(11)7(14)5(24-9)3-23-28(19,20)26-29(21,22)25-27(16,17)18/h2,5-7,9,14H,3H2,1H3,(H,19,20)(H,21,22)(H,12,15,30)(H2,16,17,18)/t5-,6+,7?,9-/m0/s1/i3D2. The highest BCUT2D eigenvalue weighted by Gasteiger charge is 2.46. The van der Waals surface area contributed by atoms with Gasteiger partial charge in [-0.25, -0.2) is 18.5 Å². The minimum absolute atomic E-state index is 0.0930. The van der Waals surface area contributed by atoms with Crippen LogP contribution in [0.1, 0.15) is 14.5 Å². The molecule has 1 fully saturated rings. The molecular formula is C10H16ClN2O13P3S. The van der Waals surface area contributed by atoms with Gasteiger partial charge < -0.3 is 29.4 Å². The maximum absolute atomic E-state index is 12.1. The lowest BCUT2D eigenvalue weighted by molar-refractivity contribution is -0.0449. The van der Waals surface area contributed by atoms with Crippen molar-refractivity contribution >= 4 is 47.3 Å². The molecule has 0 amide bonds. The third-order valence-corrected chi connectivity index (χ3v) is 7.88. The molecule has 30 heavy (non-hydrogen) atoms. The first-order chi connectivity index (χ1) is 14.2. The van der Waals surface area contributed by atoms with E-state index in [2.05, 4.69) is 18.1 Å². The fourth-order valence-electron chi connectivity index (χ4n) is 2.15. The molecule has 0 spiro atoms. The van der Waals surface area contributed by atoms with Crippen molar-refractivity contribution in [2.75, 3.05) is 6.56 Å². The number of nitrogens with zero attached hydrogens (tertiary/aromatic N) is 1. The average molecular weight is 535 g/mol. The molecule has 0 aromatic carbocycles. The number of aryl methyl sites for hydroxylation is 1. The first kappa shape index (κ1) is 22.9. The number of nitrogens with one attached hydrogen (secondary N) is 1. The summed E-state index contributed by atoms with van der Waals surface area (Å²) in [5.74, 6) is 0. The van der Waals surface area contributed by atoms with Crippen molar-refractivity contribution < 1.29 is 59.0 Å². The van der Waals surface area contributed by atoms with Crippen molar-refractivity contribution in [1.29, 1.82) is 0 Å². The SMILES string of the molecule is [2H]C([2H])(OP(=O)(O)OP(=O)(O)OP(=O)(O)O)[C@@H]1O[C@H](n2cc(C)c(=S)[nH]c2=O)[C@H](Cl)C1O. The fraction of sp³-hybridized carbons (Fsp3) is 0.600. The van der Waals surface area contributed by atoms with E-state index in [-0.39, 0.29) is 4.64 Å². The van der Waals surface area contributed by atoms with Crippen molar-refractivity contribution in [1.82, 2.24) is 9.55 Å². The molecule has 1 aliphatic rings. The summed E-state index contributed by atoms with van der Waals surface area (Å²) in [6.07, 6.45) is -4.43. The first-order valence-corrected chi connectivity index (χ1v) is 12.8. The zero-order valence-corrected chi connectivity index (χ0v) is 18.7. The van der Waals surface area contributed by atoms with Gasteiger partial charge in [-0.2, -0.15) is 8.62 Å². The van der Waals surface area contributed by atoms with Crippen LogP contribution in [0.15, 0.2) is 11.0 Å². The Balaban J connectivity index is 2.27. The number of aromatic amines is 1. The Morgan fingerprint density at radius 3 is 2.47 bits per heavy atom. The van der Waals surface area contributed by atoms with E-state index in [4.69, 9.17) is 46.0 Å². The van der Waals surface area contributed by atoms with Crippen LogP contribution >= 0.6 is 47.3 Å². The van der Waals surface area contributed by atoms with Gasteiger partial charge in [0.05, 0.1) is 9.30 Å². The zero-order valence-electron chi connectivity index (χ0n) is 16.5. The molecule has 172 valence electrons. The van der Waals surface area contributed by atoms with E-state index in [0.29, 0.717) is 5.56 Å². The second-order valence-electron chi connectivity index (χ2n) is 5.66. The minimum atomic E-state index is -5.92. The maximum atomic E-state index is 12.1. The molecule has 0 saturated carbocycles. The summed E-state index contributed by atoms with van der Waals surface area (Å²) in [6.45, 7) is -1.94. The molecule has 0 bridgehead atoms. The van der Waals surface area contributed by atoms with Crippen LogP contribution in [-0.2, 0) is 31.6 Å². The maximum Gasteiger partial charge on any atom is 0.490 e. The number of aliphatic hydroxyl groups is 1. The van der Waals surface area contributed by atoms with Crippen molar-refractivity contribution in [3.8, 4) is 0 Å². The summed E-state index contributed by atoms with van der Waals surface area (Å²) >= 11 is 10.9. The highest BCUT2D eigenvalue weighted by molar-refractivity contribution is 7.71. The molecule has 2 rings (SSSR count). The highest BCUT2D eigenvalue weighted by atomic mass is 35.5. The molecule has 6 N–H and O–H groups in total. The number of rotatable bonds is 8. The van der Waals surface area contributed by atoms with Crippen LogP contribution < -0.4 is 5.69 Å². The van der Waals surface area contributed by atoms with Crippen molar-refractivity contribution in [2.24, 2.45) is 0 Å². The summed E-state index contributed by atoms with van der Waals surface area (Å²) in [7, 11) is -17.5. The fourth-order valence-corrected chi connectivity index (χ4v) is 5.48. The lowest BCUT2D eigenvalue weighted by Gasteiger charge is -2.19. The van der Waals surface area contributed by atoms with Crippen molar-refractivity contribution in [3.05, 3.63) is 26.9 Å². The molecule has 1 aliphatic heterocycles. The molecule has 6 atom stereocenters. The van der Waals surface area contributed by atoms with Crippen LogP contribution in [0, 0.1) is 11.6 Å². The number of hydrogen-bond donors (Lipinski definition) is 6. The Hall–Kier alpha value is -0.280. The first-order valence-electron chi connectivity index (χ1n) is 8.39. The van der Waals surface area contributed by atoms with Crippen LogP contribution in [0.25, 0.3) is 0 Å². The second kappa shape index (κ2) is 9.30. The summed E-state index contributed by atoms with van der Waals surface area (Å²) in [5.41, 5.74) is -0.446. The number of aliphatic hydroxyl groups excluding tert-OH is 1. The van der Waals surface area contributed by atoms with E-state index in [1.807, 2.05) is 0 Å². The summed E-state index contributed by atoms with van der Waals surface area (Å²) in [6, 6.07) is 0. The molecule has 0 aliphatic carbocycles. The van der Waals surface area contributed by atoms with Gasteiger partial charge >= 0.3 is 29.2 Å². The summed E-state index contributed by atoms with van der Waals surface area (Å²) in [4.78, 5) is 50.1. The number of alkyl halides is 1. The largest absolute Gasteiger partial charge is 0.490 e. The smallest absolute Gasteiger partial charge is 0.389 e. The number of H-pyrrole nitrogens is 1. The van der Waals surface area contributed by atoms with Gasteiger partial charge in [0.1, 0.15) is 22.2 Å². The van der Waals surface area contributed by atoms with Crippen LogP contribution in [0.2, 0.25) is 0 Å². The molecular weight excluding hydrogens is 517 g/mol. The predicted molar refractivity (Wildman–Crippen MR) is 100.0 cm³/mol. The molecule has 15 nitrogen and oxygen atoms in total. The Bertz CT molecular complexity index is 1140. The number of halogens is 1. The summed E-state index contributed by atoms with van der Waals surface area (Å²) in [5, 5.41) is 8.76. The monoisotopic (exact) mass is 534 g/mol. The van der Waals surface area contributed by atoms with Crippen LogP contribution in [0.3, 0.4) is 0 Å². The molecule has 3 unspecified atom stereocenters. The van der Waals surface area contributed by atoms with Crippen molar-refractivity contribution in [3.63, 3.8) is 0 Å². The topological polar surface area (TPSA) is 227 Å². The lowest BCUT2D eigenvalue weighted by atomic mass is 10.2. The van der Waals surface area contributed by atoms with E-state index in [1.165, 1.54) is 13.1 Å². The lowest BCUT2D eigenvalue weighted by Crippen LogP contribution is -2.33. The van der Waals surface area contributed by atoms with Crippen molar-refractivity contribution in [2.45, 2.75) is 30.7 Å². The third-order valence-electron chi connectivity index (χ3n) is 3.32. The summed E-state index contributed by atoms with van der Waals surface area (Å²) < 4.78 is 66.8. The Kier molecular flexibility index (Phi) is 7.10. The molecule has 20 heteroatoms. The van der Waals surface area contributed by atoms with Gasteiger partial charge in [0.2, 0.25) is 0 Å². The number of phosphoric acid groups is 3. The van der Waals surface area contributed by atoms with Gasteiger partial charge in [-0.05, 0) is 6.92 Å². The molecule has 1 aromatic rings. The normalized spacial score (nSPS) is 30.2. The minimum Gasteiger partial charge on any atom is -0.389 e. The zero-order chi connectivity index (χ0) is 24.9. The number of phosphoric ester groups is 1. The van der Waals surface area contributed by atoms with E-state index in [1.54, 1.807) is 0 Å². The molecule has 1 aromatic heterocycles. The number of aromatic nitrogens is 2. The van der Waals surface area contributed by atoms with Crippen LogP contribution in [0.4, 0.5) is 0 Å². The van der Waals surface area contributed by atoms with E-state index < -0.39 is 59.5 Å². The van der Waals surface area contributed by atoms with Crippen LogP contribution in [0.5, 0.6) is 0 Å². The van der Waals surface area contributed by atoms with Gasteiger partial charge in [-0.3, -0.25) is 14.1 Å². The molecule has 2 heterocycles. The number of hydrogen-bond acceptors (Lipinski definition) is 10. The average Bonchev–Trinajstić information content (AvgIpc) is 2.82. The van der Waals surface area contributed by atoms with Gasteiger partial charge in [-0.1, -0.05) is 12.2 Å². The second-order valence-corrected chi connectivity index (χ2v) is 10.9. The molecule has 1 saturated heterocycles. The van der Waals surface area contributed by atoms with Gasteiger partial charge in [0, 0.05) is 11.8 Å². The Morgan fingerprint density at radius 2 is 1.90 bits per heavy atom. The van der Waals surface area contributed by atoms with E-state index in [9.17, 15) is 28.5 Å². The molecule has 0 radical (unpaired) electrons. The van der Waals surface area contributed by atoms with Gasteiger partial charge in [0.15, 0.2) is 6.23 Å². The highest BCUT2D eigenvalue weighted by Crippen LogP contribution is 2.66. The van der Waals surface area contributed by atoms with Crippen LogP contribution in [-0.4, -0.2) is 58.4 Å². The van der Waals surface area contributed by atoms with E-state index >= 15 is 0 Å². The predicted octanol–water partition coefficient (Wildman–Crippen LogP) is 0.423. The van der Waals surface area contributed by atoms with E-state index in [0.717, 1.165) is 4.57 Å². The number of ether oxygens (including phenoxy) is 1. The van der Waals surface area contributed by atoms with Gasteiger partial charge in [-0.15, -0.1) is 11.6 Å². The van der Waals surface area contributed by atoms with Gasteiger partial charge in [0.25, 0.3) is 0 Å². The third kappa shape index (κ3) is 6.86. The quantitative estimate of drug-likeness (QED) is 0.151. The Labute approximate surface area is 180 Å². The Morgan fingerprint density at radius 1 is 1.30 bits per heavy atom.